The van der Waals surface area contributed by atoms with Gasteiger partial charge in [0.1, 0.15) is 11.6 Å². The first kappa shape index (κ1) is 20.7. The molecule has 1 N–H and O–H groups in total. The van der Waals surface area contributed by atoms with Gasteiger partial charge in [-0.15, -0.1) is 0 Å². The van der Waals surface area contributed by atoms with Crippen LogP contribution < -0.4 is 10.2 Å². The van der Waals surface area contributed by atoms with E-state index in [0.29, 0.717) is 11.7 Å². The van der Waals surface area contributed by atoms with Gasteiger partial charge in [-0.2, -0.15) is 0 Å². The first-order valence-corrected chi connectivity index (χ1v) is 10.2. The molecule has 1 saturated carbocycles. The average molecular weight is 420 g/mol. The minimum Gasteiger partial charge on any atom is -0.353 e. The van der Waals surface area contributed by atoms with Crippen molar-refractivity contribution in [1.29, 1.82) is 0 Å². The summed E-state index contributed by atoms with van der Waals surface area (Å²) >= 11 is 0. The highest BCUT2D eigenvalue weighted by molar-refractivity contribution is 6.06. The predicted molar refractivity (Wildman–Crippen MR) is 115 cm³/mol. The molecule has 0 unspecified atom stereocenters. The van der Waals surface area contributed by atoms with Gasteiger partial charge in [-0.25, -0.2) is 8.78 Å². The molecule has 0 radical (unpaired) electrons. The Kier molecular flexibility index (Phi) is 6.07. The molecule has 1 aliphatic carbocycles. The second-order valence-corrected chi connectivity index (χ2v) is 7.71. The van der Waals surface area contributed by atoms with Crippen LogP contribution in [0, 0.1) is 11.6 Å². The summed E-state index contributed by atoms with van der Waals surface area (Å²) in [5.74, 6) is -1.25. The standard InChI is InChI=1S/C25H22F2N2O2/c26-20-8-4-18(5-9-20)16-29(25(31)19-2-1-3-21(27)15-19)23-12-6-17(7-13-23)14-24(30)28-22-10-11-22/h1-9,12-13,15,22H,10-11,14,16H2,(H,28,30). The summed E-state index contributed by atoms with van der Waals surface area (Å²) in [6.45, 7) is 0.192. The van der Waals surface area contributed by atoms with Gasteiger partial charge < -0.3 is 10.2 Å². The number of amides is 2. The highest BCUT2D eigenvalue weighted by atomic mass is 19.1. The third-order valence-electron chi connectivity index (χ3n) is 5.13. The van der Waals surface area contributed by atoms with Crippen molar-refractivity contribution < 1.29 is 18.4 Å². The molecule has 0 aliphatic heterocycles. The zero-order valence-electron chi connectivity index (χ0n) is 16.9. The molecule has 3 aromatic rings. The molecule has 2 amide bonds. The number of halogens is 2. The van der Waals surface area contributed by atoms with Crippen LogP contribution in [0.25, 0.3) is 0 Å². The minimum atomic E-state index is -0.496. The van der Waals surface area contributed by atoms with E-state index in [4.69, 9.17) is 0 Å². The fraction of sp³-hybridized carbons (Fsp3) is 0.200. The third kappa shape index (κ3) is 5.54. The number of nitrogens with one attached hydrogen (secondary N) is 1. The Hall–Kier alpha value is -3.54. The summed E-state index contributed by atoms with van der Waals surface area (Å²) in [6.07, 6.45) is 2.34. The molecule has 1 fully saturated rings. The molecular formula is C25H22F2N2O2. The first-order chi connectivity index (χ1) is 15.0. The van der Waals surface area contributed by atoms with E-state index in [1.165, 1.54) is 35.2 Å². The number of carbonyl (C=O) groups excluding carboxylic acids is 2. The molecular weight excluding hydrogens is 398 g/mol. The molecule has 0 atom stereocenters. The van der Waals surface area contributed by atoms with E-state index in [1.807, 2.05) is 0 Å². The van der Waals surface area contributed by atoms with E-state index in [1.54, 1.807) is 42.5 Å². The normalized spacial score (nSPS) is 13.0. The van der Waals surface area contributed by atoms with Gasteiger partial charge in [-0.1, -0.05) is 30.3 Å². The Morgan fingerprint density at radius 3 is 2.19 bits per heavy atom. The number of benzene rings is 3. The molecule has 0 heterocycles. The van der Waals surface area contributed by atoms with Gasteiger partial charge in [0.05, 0.1) is 13.0 Å². The van der Waals surface area contributed by atoms with Crippen molar-refractivity contribution >= 4 is 17.5 Å². The van der Waals surface area contributed by atoms with Crippen molar-refractivity contribution in [3.8, 4) is 0 Å². The van der Waals surface area contributed by atoms with Gasteiger partial charge in [0.25, 0.3) is 5.91 Å². The predicted octanol–water partition coefficient (Wildman–Crippen LogP) is 4.63. The van der Waals surface area contributed by atoms with Crippen LogP contribution in [0.2, 0.25) is 0 Å². The maximum Gasteiger partial charge on any atom is 0.258 e. The van der Waals surface area contributed by atoms with E-state index >= 15 is 0 Å². The fourth-order valence-electron chi connectivity index (χ4n) is 3.32. The number of carbonyl (C=O) groups is 2. The van der Waals surface area contributed by atoms with E-state index in [9.17, 15) is 18.4 Å². The van der Waals surface area contributed by atoms with Crippen molar-refractivity contribution in [2.45, 2.75) is 31.8 Å². The van der Waals surface area contributed by atoms with Crippen LogP contribution in [0.5, 0.6) is 0 Å². The van der Waals surface area contributed by atoms with Crippen molar-refractivity contribution in [3.63, 3.8) is 0 Å². The Balaban J connectivity index is 1.57. The molecule has 0 spiro atoms. The van der Waals surface area contributed by atoms with Crippen LogP contribution >= 0.6 is 0 Å². The van der Waals surface area contributed by atoms with Gasteiger partial charge >= 0.3 is 0 Å². The zero-order chi connectivity index (χ0) is 21.8. The largest absolute Gasteiger partial charge is 0.353 e. The topological polar surface area (TPSA) is 49.4 Å². The maximum atomic E-state index is 13.7. The molecule has 0 bridgehead atoms. The molecule has 4 nitrogen and oxygen atoms in total. The van der Waals surface area contributed by atoms with E-state index in [-0.39, 0.29) is 36.2 Å². The summed E-state index contributed by atoms with van der Waals surface area (Å²) in [5.41, 5.74) is 2.39. The first-order valence-electron chi connectivity index (χ1n) is 10.2. The Morgan fingerprint density at radius 1 is 0.871 bits per heavy atom. The number of nitrogens with zero attached hydrogens (tertiary/aromatic N) is 1. The van der Waals surface area contributed by atoms with Gasteiger partial charge in [-0.3, -0.25) is 9.59 Å². The summed E-state index contributed by atoms with van der Waals surface area (Å²) < 4.78 is 27.0. The van der Waals surface area contributed by atoms with Crippen molar-refractivity contribution in [1.82, 2.24) is 5.32 Å². The van der Waals surface area contributed by atoms with Crippen LogP contribution in [-0.2, 0) is 17.8 Å². The Labute approximate surface area is 179 Å². The molecule has 31 heavy (non-hydrogen) atoms. The molecule has 6 heteroatoms. The van der Waals surface area contributed by atoms with Crippen molar-refractivity contribution in [2.75, 3.05) is 4.90 Å². The molecule has 1 aliphatic rings. The lowest BCUT2D eigenvalue weighted by atomic mass is 10.1. The second kappa shape index (κ2) is 9.08. The smallest absolute Gasteiger partial charge is 0.258 e. The number of hydrogen-bond donors (Lipinski definition) is 1. The quantitative estimate of drug-likeness (QED) is 0.606. The second-order valence-electron chi connectivity index (χ2n) is 7.71. The van der Waals surface area contributed by atoms with Gasteiger partial charge in [0, 0.05) is 17.3 Å². The lowest BCUT2D eigenvalue weighted by Gasteiger charge is -2.23. The van der Waals surface area contributed by atoms with Crippen LogP contribution in [0.1, 0.15) is 34.3 Å². The van der Waals surface area contributed by atoms with E-state index in [2.05, 4.69) is 5.32 Å². The lowest BCUT2D eigenvalue weighted by molar-refractivity contribution is -0.120. The third-order valence-corrected chi connectivity index (χ3v) is 5.13. The van der Waals surface area contributed by atoms with Crippen molar-refractivity contribution in [3.05, 3.63) is 101 Å². The monoisotopic (exact) mass is 420 g/mol. The van der Waals surface area contributed by atoms with Crippen LogP contribution in [0.3, 0.4) is 0 Å². The molecule has 0 saturated heterocycles. The highest BCUT2D eigenvalue weighted by Crippen LogP contribution is 2.23. The summed E-state index contributed by atoms with van der Waals surface area (Å²) in [5, 5.41) is 2.95. The Morgan fingerprint density at radius 2 is 1.55 bits per heavy atom. The number of rotatable bonds is 7. The number of anilines is 1. The summed E-state index contributed by atoms with van der Waals surface area (Å²) in [7, 11) is 0. The average Bonchev–Trinajstić information content (AvgIpc) is 3.57. The number of hydrogen-bond acceptors (Lipinski definition) is 2. The van der Waals surface area contributed by atoms with Crippen molar-refractivity contribution in [2.24, 2.45) is 0 Å². The molecule has 0 aromatic heterocycles. The maximum absolute atomic E-state index is 13.7. The van der Waals surface area contributed by atoms with Gasteiger partial charge in [0.2, 0.25) is 5.91 Å². The Bertz CT molecular complexity index is 1080. The van der Waals surface area contributed by atoms with Crippen LogP contribution in [0.4, 0.5) is 14.5 Å². The minimum absolute atomic E-state index is 0.0192. The fourth-order valence-corrected chi connectivity index (χ4v) is 3.32. The van der Waals surface area contributed by atoms with Gasteiger partial charge in [0.15, 0.2) is 0 Å². The molecule has 4 rings (SSSR count). The lowest BCUT2D eigenvalue weighted by Crippen LogP contribution is -2.30. The highest BCUT2D eigenvalue weighted by Gasteiger charge is 2.23. The molecule has 158 valence electrons. The summed E-state index contributed by atoms with van der Waals surface area (Å²) in [6, 6.07) is 18.8. The summed E-state index contributed by atoms with van der Waals surface area (Å²) in [4.78, 5) is 26.7. The SMILES string of the molecule is O=C(Cc1ccc(N(Cc2ccc(F)cc2)C(=O)c2cccc(F)c2)cc1)NC1CC1. The van der Waals surface area contributed by atoms with Crippen LogP contribution in [-0.4, -0.2) is 17.9 Å². The van der Waals surface area contributed by atoms with E-state index in [0.717, 1.165) is 24.0 Å². The van der Waals surface area contributed by atoms with E-state index < -0.39 is 5.82 Å². The zero-order valence-corrected chi connectivity index (χ0v) is 16.9. The molecule has 3 aromatic carbocycles. The van der Waals surface area contributed by atoms with Gasteiger partial charge in [-0.05, 0) is 66.4 Å². The van der Waals surface area contributed by atoms with Crippen LogP contribution in [0.15, 0.2) is 72.8 Å².